The highest BCUT2D eigenvalue weighted by Gasteiger charge is 2.52. The average molecular weight is 623 g/mol. The van der Waals surface area contributed by atoms with Crippen molar-refractivity contribution in [2.45, 2.75) is 90.6 Å². The van der Waals surface area contributed by atoms with E-state index in [4.69, 9.17) is 13.6 Å². The number of carbonyl (C=O) groups excluding carboxylic acids is 1. The van der Waals surface area contributed by atoms with Crippen molar-refractivity contribution in [2.75, 3.05) is 20.3 Å². The van der Waals surface area contributed by atoms with Gasteiger partial charge in [0.1, 0.15) is 0 Å². The maximum atomic E-state index is 13.0. The summed E-state index contributed by atoms with van der Waals surface area (Å²) in [5, 5.41) is 14.2. The van der Waals surface area contributed by atoms with Crippen molar-refractivity contribution >= 4 is 33.0 Å². The zero-order chi connectivity index (χ0) is 32.3. The van der Waals surface area contributed by atoms with Crippen LogP contribution < -0.4 is 10.4 Å². The summed E-state index contributed by atoms with van der Waals surface area (Å²) in [7, 11) is -3.39. The van der Waals surface area contributed by atoms with E-state index in [0.717, 1.165) is 11.1 Å². The molecule has 0 heterocycles. The smallest absolute Gasteiger partial charge is 0.338 e. The summed E-state index contributed by atoms with van der Waals surface area (Å²) < 4.78 is 18.8. The lowest BCUT2D eigenvalue weighted by atomic mass is 9.72. The summed E-state index contributed by atoms with van der Waals surface area (Å²) in [4.78, 5) is 13.0. The first kappa shape index (κ1) is 35.2. The van der Waals surface area contributed by atoms with E-state index in [1.165, 1.54) is 17.5 Å². The number of rotatable bonds is 10. The molecule has 1 N–H and O–H groups in total. The molecular weight excluding hydrogens is 569 g/mol. The normalized spacial score (nSPS) is 22.2. The van der Waals surface area contributed by atoms with Gasteiger partial charge in [-0.2, -0.15) is 0 Å². The van der Waals surface area contributed by atoms with E-state index in [9.17, 15) is 9.90 Å². The fraction of sp³-hybridized carbons (Fsp3) is 0.528. The second kappa shape index (κ2) is 13.4. The van der Waals surface area contributed by atoms with Gasteiger partial charge in [-0.3, -0.25) is 0 Å². The molecule has 0 aromatic heterocycles. The Balaban J connectivity index is 2.04. The molecular formula is C36H54O5Si2. The molecule has 0 saturated carbocycles. The molecule has 43 heavy (non-hydrogen) atoms. The Morgan fingerprint density at radius 2 is 1.44 bits per heavy atom. The fourth-order valence-electron chi connectivity index (χ4n) is 5.86. The predicted molar refractivity (Wildman–Crippen MR) is 183 cm³/mol. The Kier molecular flexibility index (Phi) is 10.9. The third-order valence-electron chi connectivity index (χ3n) is 9.54. The van der Waals surface area contributed by atoms with Crippen molar-refractivity contribution in [3.63, 3.8) is 0 Å². The van der Waals surface area contributed by atoms with Crippen LogP contribution in [0.5, 0.6) is 0 Å². The maximum absolute atomic E-state index is 13.0. The zero-order valence-electron chi connectivity index (χ0n) is 28.3. The van der Waals surface area contributed by atoms with Crippen LogP contribution in [0.1, 0.15) is 61.8 Å². The lowest BCUT2D eigenvalue weighted by Crippen LogP contribution is -2.66. The first-order valence-electron chi connectivity index (χ1n) is 15.5. The van der Waals surface area contributed by atoms with Crippen molar-refractivity contribution < 1.29 is 23.5 Å². The van der Waals surface area contributed by atoms with Crippen molar-refractivity contribution in [3.05, 3.63) is 84.0 Å². The minimum Gasteiger partial charge on any atom is -0.467 e. The second-order valence-electron chi connectivity index (χ2n) is 14.8. The molecule has 3 rings (SSSR count). The van der Waals surface area contributed by atoms with Gasteiger partial charge in [0.2, 0.25) is 0 Å². The maximum Gasteiger partial charge on any atom is 0.338 e. The van der Waals surface area contributed by atoms with Crippen molar-refractivity contribution in [1.29, 1.82) is 0 Å². The first-order chi connectivity index (χ1) is 19.9. The van der Waals surface area contributed by atoms with Crippen LogP contribution in [-0.4, -0.2) is 53.6 Å². The summed E-state index contributed by atoms with van der Waals surface area (Å²) in [5.41, 5.74) is 0.406. The Bertz CT molecular complexity index is 1250. The van der Waals surface area contributed by atoms with Gasteiger partial charge in [-0.05, 0) is 58.4 Å². The van der Waals surface area contributed by atoms with Crippen LogP contribution in [0, 0.1) is 11.8 Å². The van der Waals surface area contributed by atoms with Gasteiger partial charge >= 0.3 is 5.97 Å². The number of ether oxygens (including phenoxy) is 1. The molecule has 2 aromatic rings. The van der Waals surface area contributed by atoms with Gasteiger partial charge in [-0.15, -0.1) is 0 Å². The topological polar surface area (TPSA) is 65.0 Å². The van der Waals surface area contributed by atoms with Gasteiger partial charge in [0.15, 0.2) is 13.9 Å². The molecule has 0 aliphatic heterocycles. The molecule has 236 valence electrons. The van der Waals surface area contributed by atoms with Gasteiger partial charge in [0.05, 0.1) is 20.3 Å². The largest absolute Gasteiger partial charge is 0.467 e. The third-order valence-corrected chi connectivity index (χ3v) is 19.0. The molecule has 7 heteroatoms. The molecule has 0 spiro atoms. The van der Waals surface area contributed by atoms with Gasteiger partial charge in [-0.1, -0.05) is 127 Å². The molecule has 0 bridgehead atoms. The molecule has 0 unspecified atom stereocenters. The van der Waals surface area contributed by atoms with Crippen LogP contribution >= 0.6 is 0 Å². The highest BCUT2D eigenvalue weighted by atomic mass is 28.4. The van der Waals surface area contributed by atoms with E-state index in [0.29, 0.717) is 13.2 Å². The first-order valence-corrected chi connectivity index (χ1v) is 20.3. The third kappa shape index (κ3) is 7.51. The van der Waals surface area contributed by atoms with E-state index in [1.54, 1.807) is 0 Å². The lowest BCUT2D eigenvalue weighted by molar-refractivity contribution is -0.167. The van der Waals surface area contributed by atoms with Crippen LogP contribution in [0.15, 0.2) is 84.0 Å². The Morgan fingerprint density at radius 3 is 1.88 bits per heavy atom. The summed E-state index contributed by atoms with van der Waals surface area (Å²) >= 11 is 0. The number of carbonyl (C=O) groups is 1. The molecule has 3 atom stereocenters. The van der Waals surface area contributed by atoms with Gasteiger partial charge < -0.3 is 18.7 Å². The molecule has 0 radical (unpaired) electrons. The monoisotopic (exact) mass is 622 g/mol. The Morgan fingerprint density at radius 1 is 0.930 bits per heavy atom. The highest BCUT2D eigenvalue weighted by Crippen LogP contribution is 2.42. The highest BCUT2D eigenvalue weighted by molar-refractivity contribution is 6.99. The van der Waals surface area contributed by atoms with E-state index in [-0.39, 0.29) is 22.4 Å². The minimum absolute atomic E-state index is 0.0734. The van der Waals surface area contributed by atoms with Crippen LogP contribution in [0.3, 0.4) is 0 Å². The van der Waals surface area contributed by atoms with Crippen LogP contribution in [-0.2, 0) is 18.4 Å². The van der Waals surface area contributed by atoms with E-state index < -0.39 is 34.1 Å². The Hall–Kier alpha value is -2.30. The van der Waals surface area contributed by atoms with Crippen molar-refractivity contribution in [3.8, 4) is 0 Å². The minimum atomic E-state index is -2.76. The van der Waals surface area contributed by atoms with E-state index in [2.05, 4.69) is 110 Å². The molecule has 0 fully saturated rings. The van der Waals surface area contributed by atoms with Crippen molar-refractivity contribution in [1.82, 2.24) is 0 Å². The molecule has 2 aromatic carbocycles. The van der Waals surface area contributed by atoms with Crippen molar-refractivity contribution in [2.24, 2.45) is 11.8 Å². The predicted octanol–water partition coefficient (Wildman–Crippen LogP) is 7.02. The number of aliphatic hydroxyl groups is 1. The molecule has 0 amide bonds. The zero-order valence-corrected chi connectivity index (χ0v) is 30.3. The van der Waals surface area contributed by atoms with Crippen LogP contribution in [0.25, 0.3) is 0 Å². The Labute approximate surface area is 262 Å². The quantitative estimate of drug-likeness (QED) is 0.175. The number of methoxy groups -OCH3 is 1. The number of hydrogen-bond donors (Lipinski definition) is 1. The molecule has 5 nitrogen and oxygen atoms in total. The van der Waals surface area contributed by atoms with E-state index >= 15 is 0 Å². The summed E-state index contributed by atoms with van der Waals surface area (Å²) in [5.74, 6) is -1.24. The van der Waals surface area contributed by atoms with Gasteiger partial charge in [0, 0.05) is 5.92 Å². The van der Waals surface area contributed by atoms with Gasteiger partial charge in [-0.25, -0.2) is 4.79 Å². The van der Waals surface area contributed by atoms with Crippen LogP contribution in [0.4, 0.5) is 0 Å². The number of hydrogen-bond acceptors (Lipinski definition) is 5. The lowest BCUT2D eigenvalue weighted by Gasteiger charge is -2.44. The number of benzene rings is 2. The molecule has 1 aliphatic rings. The average Bonchev–Trinajstić information content (AvgIpc) is 2.93. The second-order valence-corrected chi connectivity index (χ2v) is 23.9. The molecule has 1 aliphatic carbocycles. The number of esters is 1. The summed E-state index contributed by atoms with van der Waals surface area (Å²) in [6.07, 6.45) is 4.28. The molecule has 0 saturated heterocycles. The SMILES string of the molecule is COC(=O)[C@]1(O)C[C@@H](C)C(CO[Si](c2ccccc2)(c2ccccc2)C(C)(C)C)=C[C@H]1/C=C(\C)CO[Si](C)(C)C(C)(C)C. The summed E-state index contributed by atoms with van der Waals surface area (Å²) in [6.45, 7) is 22.9. The fourth-order valence-corrected chi connectivity index (χ4v) is 11.4. The summed E-state index contributed by atoms with van der Waals surface area (Å²) in [6, 6.07) is 21.2. The van der Waals surface area contributed by atoms with Gasteiger partial charge in [0.25, 0.3) is 8.32 Å². The van der Waals surface area contributed by atoms with E-state index in [1.807, 2.05) is 31.2 Å². The van der Waals surface area contributed by atoms with Crippen LogP contribution in [0.2, 0.25) is 23.2 Å². The standard InChI is InChI=1S/C36H54O5Si2/c1-27(25-40-42(10,11)34(3,4)5)22-30-23-29(28(2)24-36(30,38)33(37)39-9)26-41-43(35(6,7)8,31-18-14-12-15-19-31)32-20-16-13-17-21-32/h12-23,28,30,38H,24-26H2,1-11H3/b27-22+/t28-,30-,36+/m1/s1.